The van der Waals surface area contributed by atoms with E-state index in [1.54, 1.807) is 18.4 Å². The number of allylic oxidation sites excluding steroid dienone is 1. The van der Waals surface area contributed by atoms with E-state index < -0.39 is 12.0 Å². The maximum atomic E-state index is 14.0. The molecule has 0 radical (unpaired) electrons. The molecule has 0 fully saturated rings. The molecule has 0 saturated carbocycles. The fraction of sp³-hybridized carbons (Fsp3) is 0.147. The number of benzene rings is 4. The second-order valence-electron chi connectivity index (χ2n) is 9.82. The number of hydrogen-bond acceptors (Lipinski definition) is 6. The molecule has 1 aliphatic rings. The minimum atomic E-state index is -0.672. The lowest BCUT2D eigenvalue weighted by Crippen LogP contribution is -2.40. The molecule has 6 rings (SSSR count). The summed E-state index contributed by atoms with van der Waals surface area (Å²) in [5.41, 5.74) is 3.28. The summed E-state index contributed by atoms with van der Waals surface area (Å²) in [5.74, 6) is 0.220. The summed E-state index contributed by atoms with van der Waals surface area (Å²) >= 11 is 7.54. The number of halogens is 1. The summed E-state index contributed by atoms with van der Waals surface area (Å²) in [5, 5.41) is 2.64. The monoisotopic (exact) mass is 594 g/mol. The normalized spacial score (nSPS) is 14.9. The fourth-order valence-electron chi connectivity index (χ4n) is 5.16. The van der Waals surface area contributed by atoms with E-state index in [1.807, 2.05) is 97.1 Å². The summed E-state index contributed by atoms with van der Waals surface area (Å²) in [6, 6.07) is 28.3. The molecule has 4 aromatic carbocycles. The van der Waals surface area contributed by atoms with Crippen molar-refractivity contribution in [1.29, 1.82) is 0 Å². The Morgan fingerprint density at radius 2 is 1.74 bits per heavy atom. The molecule has 0 bridgehead atoms. The van der Waals surface area contributed by atoms with Gasteiger partial charge in [-0.05, 0) is 60.0 Å². The average molecular weight is 595 g/mol. The van der Waals surface area contributed by atoms with Gasteiger partial charge < -0.3 is 9.47 Å². The standard InChI is InChI=1S/C34H27ClN2O4S/c1-3-40-33(39)30-21(2)36-34-37(31(30)27-13-8-11-23-9-4-6-12-26(23)27)32(38)29(42-34)19-22-15-17-25(18-16-22)41-20-24-10-5-7-14-28(24)35/h4-19,31H,3,20H2,1-2H3/b29-19+/t31-/m1/s1. The molecule has 0 N–H and O–H groups in total. The second kappa shape index (κ2) is 11.8. The zero-order valence-corrected chi connectivity index (χ0v) is 24.6. The maximum absolute atomic E-state index is 14.0. The topological polar surface area (TPSA) is 69.9 Å². The van der Waals surface area contributed by atoms with Crippen LogP contribution in [-0.2, 0) is 16.1 Å². The van der Waals surface area contributed by atoms with Crippen molar-refractivity contribution in [1.82, 2.24) is 4.57 Å². The number of thiazole rings is 1. The molecule has 210 valence electrons. The van der Waals surface area contributed by atoms with Crippen molar-refractivity contribution in [2.75, 3.05) is 6.61 Å². The van der Waals surface area contributed by atoms with Crippen LogP contribution in [0.15, 0.2) is 112 Å². The Morgan fingerprint density at radius 1 is 1.00 bits per heavy atom. The summed E-state index contributed by atoms with van der Waals surface area (Å²) in [6.07, 6.45) is 1.84. The van der Waals surface area contributed by atoms with Crippen LogP contribution in [0.2, 0.25) is 5.02 Å². The molecule has 5 aromatic rings. The van der Waals surface area contributed by atoms with Crippen LogP contribution in [0.1, 0.15) is 36.6 Å². The van der Waals surface area contributed by atoms with Crippen LogP contribution in [-0.4, -0.2) is 17.1 Å². The molecule has 0 unspecified atom stereocenters. The lowest BCUT2D eigenvalue weighted by Gasteiger charge is -2.25. The number of nitrogens with zero attached hydrogens (tertiary/aromatic N) is 2. The number of ether oxygens (including phenoxy) is 2. The lowest BCUT2D eigenvalue weighted by molar-refractivity contribution is -0.139. The van der Waals surface area contributed by atoms with Gasteiger partial charge in [0, 0.05) is 10.6 Å². The van der Waals surface area contributed by atoms with Crippen molar-refractivity contribution < 1.29 is 14.3 Å². The van der Waals surface area contributed by atoms with Crippen LogP contribution in [0, 0.1) is 0 Å². The van der Waals surface area contributed by atoms with Gasteiger partial charge in [0.1, 0.15) is 12.4 Å². The molecule has 1 aromatic heterocycles. The van der Waals surface area contributed by atoms with Crippen LogP contribution >= 0.6 is 22.9 Å². The Hall–Kier alpha value is -4.46. The average Bonchev–Trinajstić information content (AvgIpc) is 3.30. The van der Waals surface area contributed by atoms with Gasteiger partial charge >= 0.3 is 5.97 Å². The van der Waals surface area contributed by atoms with Crippen LogP contribution in [0.25, 0.3) is 16.8 Å². The van der Waals surface area contributed by atoms with Crippen LogP contribution < -0.4 is 19.6 Å². The van der Waals surface area contributed by atoms with E-state index in [1.165, 1.54) is 11.3 Å². The van der Waals surface area contributed by atoms with Crippen molar-refractivity contribution in [2.24, 2.45) is 4.99 Å². The van der Waals surface area contributed by atoms with Crippen LogP contribution in [0.3, 0.4) is 0 Å². The smallest absolute Gasteiger partial charge is 0.338 e. The minimum absolute atomic E-state index is 0.218. The number of aromatic nitrogens is 1. The number of hydrogen-bond donors (Lipinski definition) is 0. The third-order valence-electron chi connectivity index (χ3n) is 7.17. The van der Waals surface area contributed by atoms with Gasteiger partial charge in [-0.25, -0.2) is 9.79 Å². The largest absolute Gasteiger partial charge is 0.489 e. The van der Waals surface area contributed by atoms with E-state index in [2.05, 4.69) is 0 Å². The SMILES string of the molecule is CCOC(=O)C1=C(C)N=c2s/c(=C/c3ccc(OCc4ccccc4Cl)cc3)c(=O)n2[C@@H]1c1cccc2ccccc12. The second-order valence-corrected chi connectivity index (χ2v) is 11.2. The van der Waals surface area contributed by atoms with Gasteiger partial charge in [0.25, 0.3) is 5.56 Å². The highest BCUT2D eigenvalue weighted by molar-refractivity contribution is 7.07. The number of carbonyl (C=O) groups excluding carboxylic acids is 1. The fourth-order valence-corrected chi connectivity index (χ4v) is 6.40. The molecule has 0 spiro atoms. The molecule has 0 saturated heterocycles. The third kappa shape index (κ3) is 5.29. The Labute approximate surface area is 251 Å². The number of fused-ring (bicyclic) bond motifs is 2. The summed E-state index contributed by atoms with van der Waals surface area (Å²) < 4.78 is 13.5. The summed E-state index contributed by atoms with van der Waals surface area (Å²) in [7, 11) is 0. The van der Waals surface area contributed by atoms with Crippen molar-refractivity contribution in [2.45, 2.75) is 26.5 Å². The van der Waals surface area contributed by atoms with Crippen LogP contribution in [0.5, 0.6) is 5.75 Å². The number of carbonyl (C=O) groups is 1. The molecule has 0 aliphatic carbocycles. The van der Waals surface area contributed by atoms with Gasteiger partial charge in [-0.1, -0.05) is 95.7 Å². The highest BCUT2D eigenvalue weighted by Gasteiger charge is 2.34. The Morgan fingerprint density at radius 3 is 2.52 bits per heavy atom. The number of rotatable bonds is 7. The molecule has 42 heavy (non-hydrogen) atoms. The van der Waals surface area contributed by atoms with Gasteiger partial charge in [0.2, 0.25) is 0 Å². The first kappa shape index (κ1) is 27.7. The molecule has 1 atom stereocenters. The third-order valence-corrected chi connectivity index (χ3v) is 8.52. The van der Waals surface area contributed by atoms with E-state index in [4.69, 9.17) is 26.1 Å². The van der Waals surface area contributed by atoms with E-state index in [-0.39, 0.29) is 12.2 Å². The highest BCUT2D eigenvalue weighted by atomic mass is 35.5. The zero-order chi connectivity index (χ0) is 29.2. The van der Waals surface area contributed by atoms with Gasteiger partial charge in [0.15, 0.2) is 4.80 Å². The molecular weight excluding hydrogens is 568 g/mol. The van der Waals surface area contributed by atoms with Crippen molar-refractivity contribution in [3.8, 4) is 5.75 Å². The molecular formula is C34H27ClN2O4S. The molecule has 8 heteroatoms. The van der Waals surface area contributed by atoms with Gasteiger partial charge in [-0.2, -0.15) is 0 Å². The van der Waals surface area contributed by atoms with Gasteiger partial charge in [0.05, 0.1) is 28.5 Å². The minimum Gasteiger partial charge on any atom is -0.489 e. The maximum Gasteiger partial charge on any atom is 0.338 e. The van der Waals surface area contributed by atoms with Crippen molar-refractivity contribution >= 4 is 45.8 Å². The van der Waals surface area contributed by atoms with E-state index in [0.717, 1.165) is 27.5 Å². The lowest BCUT2D eigenvalue weighted by atomic mass is 9.91. The molecule has 2 heterocycles. The first-order valence-corrected chi connectivity index (χ1v) is 14.8. The van der Waals surface area contributed by atoms with Crippen molar-refractivity contribution in [3.63, 3.8) is 0 Å². The van der Waals surface area contributed by atoms with E-state index in [9.17, 15) is 9.59 Å². The zero-order valence-electron chi connectivity index (χ0n) is 23.0. The molecule has 6 nitrogen and oxygen atoms in total. The predicted molar refractivity (Wildman–Crippen MR) is 167 cm³/mol. The quantitative estimate of drug-likeness (QED) is 0.211. The van der Waals surface area contributed by atoms with Gasteiger partial charge in [-0.15, -0.1) is 0 Å². The predicted octanol–water partition coefficient (Wildman–Crippen LogP) is 6.18. The van der Waals surface area contributed by atoms with Gasteiger partial charge in [-0.3, -0.25) is 9.36 Å². The van der Waals surface area contributed by atoms with E-state index >= 15 is 0 Å². The van der Waals surface area contributed by atoms with Crippen LogP contribution in [0.4, 0.5) is 0 Å². The molecule has 0 amide bonds. The molecule has 1 aliphatic heterocycles. The first-order chi connectivity index (χ1) is 20.4. The Balaban J connectivity index is 1.40. The Bertz CT molecular complexity index is 2020. The summed E-state index contributed by atoms with van der Waals surface area (Å²) in [6.45, 7) is 4.14. The summed E-state index contributed by atoms with van der Waals surface area (Å²) in [4.78, 5) is 32.5. The Kier molecular flexibility index (Phi) is 7.78. The number of esters is 1. The van der Waals surface area contributed by atoms with Crippen molar-refractivity contribution in [3.05, 3.63) is 144 Å². The highest BCUT2D eigenvalue weighted by Crippen LogP contribution is 2.34. The van der Waals surface area contributed by atoms with E-state index in [0.29, 0.717) is 38.0 Å². The first-order valence-electron chi connectivity index (χ1n) is 13.6.